The lowest BCUT2D eigenvalue weighted by Gasteiger charge is -2.22. The van der Waals surface area contributed by atoms with Crippen LogP contribution in [0.25, 0.3) is 0 Å². The first-order valence-electron chi connectivity index (χ1n) is 37.1. The van der Waals surface area contributed by atoms with Gasteiger partial charge >= 0.3 is 5.97 Å². The molecule has 0 aromatic heterocycles. The highest BCUT2D eigenvalue weighted by Gasteiger charge is 2.20. The number of hydrogen-bond acceptors (Lipinski definition) is 5. The number of nitrogens with one attached hydrogen (secondary N) is 1. The molecule has 0 aromatic carbocycles. The lowest BCUT2D eigenvalue weighted by Crippen LogP contribution is -2.45. The van der Waals surface area contributed by atoms with Crippen molar-refractivity contribution in [3.63, 3.8) is 0 Å². The number of aliphatic hydroxyl groups excluding tert-OH is 2. The average Bonchev–Trinajstić information content (AvgIpc) is 3.47. The van der Waals surface area contributed by atoms with E-state index in [-0.39, 0.29) is 18.5 Å². The molecule has 0 radical (unpaired) electrons. The van der Waals surface area contributed by atoms with Gasteiger partial charge in [-0.05, 0) is 57.8 Å². The Kier molecular flexibility index (Phi) is 69.4. The molecule has 0 saturated heterocycles. The van der Waals surface area contributed by atoms with Gasteiger partial charge in [-0.15, -0.1) is 0 Å². The summed E-state index contributed by atoms with van der Waals surface area (Å²) in [6.45, 7) is 4.96. The topological polar surface area (TPSA) is 95.9 Å². The van der Waals surface area contributed by atoms with Gasteiger partial charge in [0.1, 0.15) is 0 Å². The molecule has 81 heavy (non-hydrogen) atoms. The van der Waals surface area contributed by atoms with Crippen LogP contribution in [0.2, 0.25) is 0 Å². The third-order valence-corrected chi connectivity index (χ3v) is 17.5. The monoisotopic (exact) mass is 1140 g/mol. The third-order valence-electron chi connectivity index (χ3n) is 17.5. The number of ether oxygens (including phenoxy) is 1. The summed E-state index contributed by atoms with van der Waals surface area (Å²) in [5, 5.41) is 23.4. The van der Waals surface area contributed by atoms with Crippen LogP contribution in [0.15, 0.2) is 24.3 Å². The van der Waals surface area contributed by atoms with Crippen molar-refractivity contribution in [3.05, 3.63) is 24.3 Å². The van der Waals surface area contributed by atoms with Crippen LogP contribution in [0.1, 0.15) is 418 Å². The molecule has 480 valence electrons. The highest BCUT2D eigenvalue weighted by Crippen LogP contribution is 2.20. The molecule has 2 unspecified atom stereocenters. The summed E-state index contributed by atoms with van der Waals surface area (Å²) in [6.07, 6.45) is 89.6. The zero-order valence-corrected chi connectivity index (χ0v) is 55.0. The van der Waals surface area contributed by atoms with Crippen molar-refractivity contribution in [1.29, 1.82) is 0 Å². The normalized spacial score (nSPS) is 12.6. The molecule has 0 aliphatic rings. The van der Waals surface area contributed by atoms with E-state index in [1.165, 1.54) is 334 Å². The van der Waals surface area contributed by atoms with E-state index < -0.39 is 12.1 Å². The number of rotatable bonds is 70. The van der Waals surface area contributed by atoms with Gasteiger partial charge in [-0.25, -0.2) is 0 Å². The fourth-order valence-corrected chi connectivity index (χ4v) is 11.9. The van der Waals surface area contributed by atoms with Gasteiger partial charge in [0.05, 0.1) is 25.4 Å². The minimum absolute atomic E-state index is 0.00738. The van der Waals surface area contributed by atoms with E-state index in [9.17, 15) is 19.8 Å². The van der Waals surface area contributed by atoms with Crippen molar-refractivity contribution < 1.29 is 24.5 Å². The molecule has 0 saturated carbocycles. The molecule has 0 heterocycles. The maximum atomic E-state index is 12.5. The highest BCUT2D eigenvalue weighted by atomic mass is 16.5. The van der Waals surface area contributed by atoms with Crippen LogP contribution in [0.4, 0.5) is 0 Å². The molecule has 3 N–H and O–H groups in total. The number of allylic oxidation sites excluding steroid dienone is 4. The Labute approximate surface area is 507 Å². The summed E-state index contributed by atoms with van der Waals surface area (Å²) in [5.41, 5.74) is 0. The molecule has 0 fully saturated rings. The van der Waals surface area contributed by atoms with Crippen molar-refractivity contribution in [1.82, 2.24) is 5.32 Å². The number of esters is 1. The lowest BCUT2D eigenvalue weighted by molar-refractivity contribution is -0.143. The molecule has 6 nitrogen and oxygen atoms in total. The number of carbonyl (C=O) groups is 2. The van der Waals surface area contributed by atoms with E-state index in [1.807, 2.05) is 0 Å². The molecular weight excluding hydrogens is 995 g/mol. The molecule has 1 amide bonds. The Bertz CT molecular complexity index is 1270. The maximum Gasteiger partial charge on any atom is 0.305 e. The minimum Gasteiger partial charge on any atom is -0.466 e. The van der Waals surface area contributed by atoms with Gasteiger partial charge in [-0.2, -0.15) is 0 Å². The van der Waals surface area contributed by atoms with Crippen LogP contribution in [-0.2, 0) is 14.3 Å². The lowest BCUT2D eigenvalue weighted by atomic mass is 10.0. The zero-order chi connectivity index (χ0) is 58.5. The van der Waals surface area contributed by atoms with Gasteiger partial charge in [0.25, 0.3) is 0 Å². The van der Waals surface area contributed by atoms with Gasteiger partial charge in [0.15, 0.2) is 0 Å². The van der Waals surface area contributed by atoms with Gasteiger partial charge in [0.2, 0.25) is 5.91 Å². The predicted octanol–water partition coefficient (Wildman–Crippen LogP) is 24.1. The second kappa shape index (κ2) is 70.8. The Morgan fingerprint density at radius 2 is 0.617 bits per heavy atom. The third kappa shape index (κ3) is 67.3. The second-order valence-electron chi connectivity index (χ2n) is 25.6. The fourth-order valence-electron chi connectivity index (χ4n) is 11.9. The fraction of sp³-hybridized carbons (Fsp3) is 0.920. The molecule has 0 aliphatic carbocycles. The number of aliphatic hydroxyl groups is 2. The Morgan fingerprint density at radius 1 is 0.346 bits per heavy atom. The Hall–Kier alpha value is -1.66. The summed E-state index contributed by atoms with van der Waals surface area (Å²) in [5.74, 6) is -0.0192. The summed E-state index contributed by atoms with van der Waals surface area (Å²) < 4.78 is 5.49. The second-order valence-corrected chi connectivity index (χ2v) is 25.6. The van der Waals surface area contributed by atoms with E-state index in [0.717, 1.165) is 51.4 Å². The van der Waals surface area contributed by atoms with Crippen LogP contribution >= 0.6 is 0 Å². The largest absolute Gasteiger partial charge is 0.466 e. The van der Waals surface area contributed by atoms with Crippen molar-refractivity contribution in [2.24, 2.45) is 0 Å². The summed E-state index contributed by atoms with van der Waals surface area (Å²) in [6, 6.07) is -0.538. The zero-order valence-electron chi connectivity index (χ0n) is 55.0. The highest BCUT2D eigenvalue weighted by molar-refractivity contribution is 5.76. The molecular formula is C75H145NO5. The summed E-state index contributed by atoms with van der Waals surface area (Å²) >= 11 is 0. The molecule has 2 atom stereocenters. The average molecular weight is 1140 g/mol. The maximum absolute atomic E-state index is 12.5. The smallest absolute Gasteiger partial charge is 0.305 e. The van der Waals surface area contributed by atoms with Crippen LogP contribution in [0.3, 0.4) is 0 Å². The quantitative estimate of drug-likeness (QED) is 0.0320. The van der Waals surface area contributed by atoms with Crippen LogP contribution in [0.5, 0.6) is 0 Å². The first-order valence-corrected chi connectivity index (χ1v) is 37.1. The predicted molar refractivity (Wildman–Crippen MR) is 356 cm³/mol. The van der Waals surface area contributed by atoms with E-state index in [2.05, 4.69) is 43.5 Å². The van der Waals surface area contributed by atoms with Crippen LogP contribution in [-0.4, -0.2) is 47.4 Å². The summed E-state index contributed by atoms with van der Waals surface area (Å²) in [7, 11) is 0. The molecule has 0 bridgehead atoms. The number of hydrogen-bond donors (Lipinski definition) is 3. The van der Waals surface area contributed by atoms with Crippen molar-refractivity contribution in [2.75, 3.05) is 13.2 Å². The summed E-state index contributed by atoms with van der Waals surface area (Å²) in [4.78, 5) is 24.6. The number of carbonyl (C=O) groups excluding carboxylic acids is 2. The first kappa shape index (κ1) is 79.3. The molecule has 0 spiro atoms. The minimum atomic E-state index is -0.661. The Balaban J connectivity index is 3.33. The van der Waals surface area contributed by atoms with Gasteiger partial charge in [-0.1, -0.05) is 372 Å². The van der Waals surface area contributed by atoms with Gasteiger partial charge < -0.3 is 20.3 Å². The van der Waals surface area contributed by atoms with Crippen LogP contribution in [0, 0.1) is 0 Å². The van der Waals surface area contributed by atoms with Crippen molar-refractivity contribution in [2.45, 2.75) is 431 Å². The SMILES string of the molecule is CCCCC/C=C\C/C=C\CCCCCCCC(=O)OCCCCCCCCCCCCCCCCCCCCCCCCCCCCCCCCCC(=O)NC(CO)C(O)CCCCCCCCCCCCCCCCCCCC. The molecule has 0 aliphatic heterocycles. The number of amides is 1. The first-order chi connectivity index (χ1) is 40.0. The van der Waals surface area contributed by atoms with E-state index in [0.29, 0.717) is 25.9 Å². The molecule has 0 aromatic rings. The van der Waals surface area contributed by atoms with E-state index >= 15 is 0 Å². The standard InChI is InChI=1S/C75H145NO5/c1-3-5-7-9-11-13-15-17-19-20-36-40-43-47-51-55-59-63-67-73(78)72(71-77)76-74(79)68-64-60-56-52-48-44-41-37-34-32-30-28-26-24-22-21-23-25-27-29-31-33-35-38-42-46-50-54-58-62-66-70-81-75(80)69-65-61-57-53-49-45-39-18-16-14-12-10-8-6-4-2/h12,14,18,39,72-73,77-78H,3-11,13,15-17,19-38,40-71H2,1-2H3,(H,76,79)/b14-12-,39-18-. The molecule has 0 rings (SSSR count). The number of unbranched alkanes of at least 4 members (excludes halogenated alkanes) is 55. The van der Waals surface area contributed by atoms with Crippen molar-refractivity contribution >= 4 is 11.9 Å². The van der Waals surface area contributed by atoms with Gasteiger partial charge in [-0.3, -0.25) is 9.59 Å². The van der Waals surface area contributed by atoms with Gasteiger partial charge in [0, 0.05) is 12.8 Å². The van der Waals surface area contributed by atoms with E-state index in [1.54, 1.807) is 0 Å². The van der Waals surface area contributed by atoms with Crippen LogP contribution < -0.4 is 5.32 Å². The van der Waals surface area contributed by atoms with Crippen molar-refractivity contribution in [3.8, 4) is 0 Å². The van der Waals surface area contributed by atoms with E-state index in [4.69, 9.17) is 4.74 Å². The molecule has 6 heteroatoms. The Morgan fingerprint density at radius 3 is 0.963 bits per heavy atom.